The number of aliphatic carboxylic acids is 5. The minimum atomic E-state index is -1.69. The van der Waals surface area contributed by atoms with Crippen molar-refractivity contribution in [1.82, 2.24) is 45.5 Å². The summed E-state index contributed by atoms with van der Waals surface area (Å²) in [5.74, 6) is -16.1. The van der Waals surface area contributed by atoms with E-state index in [0.29, 0.717) is 17.5 Å². The number of aromatic nitrogens is 2. The van der Waals surface area contributed by atoms with Crippen LogP contribution in [0.4, 0.5) is 11.4 Å². The maximum absolute atomic E-state index is 13.9. The van der Waals surface area contributed by atoms with Crippen LogP contribution >= 0.6 is 0 Å². The monoisotopic (exact) mass is 1350 g/mol. The molecule has 7 atom stereocenters. The number of amides is 3. The van der Waals surface area contributed by atoms with Crippen molar-refractivity contribution in [2.45, 2.75) is 95.3 Å². The van der Waals surface area contributed by atoms with E-state index in [9.17, 15) is 103 Å². The predicted molar refractivity (Wildman–Crippen MR) is 318 cm³/mol. The molecule has 1 unspecified atom stereocenters. The van der Waals surface area contributed by atoms with E-state index in [4.69, 9.17) is 0 Å². The standard InChI is InChI=1S/C58H81N11O21.Ga.H2O/c1-35(45(74)26-38(24-40-29-59-34-62-40)56(86)64-42(32-71)46(75)27-37(23-36-7-3-2-4-8-36)55(85)65-43(33-72)57(87)88)63-54(84)39(28-47(76)77)25-41(73)9-5-11-60-50-51(53(83)52(50)82)61-12-6-10-44(58(89)90)69-19-17-66(21-22-70)13-14-67(30-48(78)79)15-16-68(18-20-69)31-49(80)81;;/h2-4,7-8,22,29,34-35,37-39,42-44,60-61,71-72H,5-6,9-21,23-28,30-33H2,1H3,(H,59,62)(H,63,84)(H,64,86)(H,65,85)(H,76,77)(H,78,79)(H,80,81)(H,87,88)(H,89,90);;1H2/q;+3;/p-4/t35-,37+,38+,39-,42-,43-,44?;;/m0../s1. The third-order valence-corrected chi connectivity index (χ3v) is 15.2. The molecule has 3 aromatic rings. The summed E-state index contributed by atoms with van der Waals surface area (Å²) in [4.78, 5) is 190. The smallest absolute Gasteiger partial charge is 0.870 e. The summed E-state index contributed by atoms with van der Waals surface area (Å²) < 4.78 is 0. The number of imidazole rings is 1. The number of ketones is 3. The molecule has 1 aliphatic rings. The molecule has 0 aliphatic carbocycles. The third kappa shape index (κ3) is 27.4. The molecule has 1 saturated heterocycles. The summed E-state index contributed by atoms with van der Waals surface area (Å²) in [5, 5.41) is 87.1. The number of aliphatic hydroxyl groups excluding tert-OH is 2. The predicted octanol–water partition coefficient (Wildman–Crippen LogP) is -7.90. The van der Waals surface area contributed by atoms with Crippen molar-refractivity contribution in [3.05, 3.63) is 74.6 Å². The van der Waals surface area contributed by atoms with Gasteiger partial charge >= 0.3 is 31.7 Å². The molecule has 0 spiro atoms. The van der Waals surface area contributed by atoms with Gasteiger partial charge in [-0.2, -0.15) is 0 Å². The van der Waals surface area contributed by atoms with Gasteiger partial charge in [0, 0.05) is 134 Å². The number of aromatic amines is 1. The molecular formula is C58H79GaN11O22-. The molecule has 11 N–H and O–H groups in total. The molecule has 0 radical (unpaired) electrons. The number of nitrogens with zero attached hydrogens (tertiary/aromatic N) is 5. The Morgan fingerprint density at radius 3 is 1.67 bits per heavy atom. The maximum atomic E-state index is 13.9. The summed E-state index contributed by atoms with van der Waals surface area (Å²) in [7, 11) is 0. The van der Waals surface area contributed by atoms with Crippen molar-refractivity contribution in [2.24, 2.45) is 17.8 Å². The molecule has 1 aliphatic heterocycles. The largest absolute Gasteiger partial charge is 3.00 e. The Bertz CT molecular complexity index is 3000. The molecule has 0 bridgehead atoms. The van der Waals surface area contributed by atoms with Gasteiger partial charge < -0.3 is 92.0 Å². The molecule has 0 saturated carbocycles. The van der Waals surface area contributed by atoms with E-state index in [1.54, 1.807) is 45.0 Å². The number of hydrogen-bond donors (Lipinski definition) is 10. The Morgan fingerprint density at radius 1 is 0.652 bits per heavy atom. The van der Waals surface area contributed by atoms with Crippen molar-refractivity contribution in [2.75, 3.05) is 109 Å². The summed E-state index contributed by atoms with van der Waals surface area (Å²) in [6, 6.07) is 2.45. The van der Waals surface area contributed by atoms with Gasteiger partial charge in [-0.25, -0.2) is 9.78 Å². The summed E-state index contributed by atoms with van der Waals surface area (Å²) >= 11 is 0. The summed E-state index contributed by atoms with van der Waals surface area (Å²) in [6.07, 6.45) is 0.329. The number of aldehydes is 1. The molecule has 3 amide bonds. The van der Waals surface area contributed by atoms with Crippen LogP contribution in [0.15, 0.2) is 52.4 Å². The van der Waals surface area contributed by atoms with Crippen LogP contribution in [0.5, 0.6) is 0 Å². The zero-order chi connectivity index (χ0) is 66.5. The third-order valence-electron chi connectivity index (χ3n) is 15.2. The van der Waals surface area contributed by atoms with Crippen molar-refractivity contribution < 1.29 is 98.8 Å². The topological polar surface area (TPSA) is 521 Å². The van der Waals surface area contributed by atoms with E-state index >= 15 is 0 Å². The average Bonchev–Trinajstić information content (AvgIpc) is 0.887. The van der Waals surface area contributed by atoms with Crippen LogP contribution in [-0.4, -0.2) is 269 Å². The Morgan fingerprint density at radius 2 is 1.16 bits per heavy atom. The maximum Gasteiger partial charge on any atom is 3.00 e. The molecule has 92 heavy (non-hydrogen) atoms. The quantitative estimate of drug-likeness (QED) is 0.0109. The van der Waals surface area contributed by atoms with Gasteiger partial charge in [0.15, 0.2) is 11.6 Å². The van der Waals surface area contributed by atoms with E-state index in [1.165, 1.54) is 24.3 Å². The normalized spacial score (nSPS) is 15.9. The first-order chi connectivity index (χ1) is 42.8. The van der Waals surface area contributed by atoms with Crippen LogP contribution in [0.25, 0.3) is 0 Å². The van der Waals surface area contributed by atoms with Crippen molar-refractivity contribution in [3.8, 4) is 0 Å². The number of carbonyl (C=O) groups is 12. The number of carboxylic acids is 5. The molecule has 2 aromatic carbocycles. The number of aliphatic hydroxyl groups is 2. The van der Waals surface area contributed by atoms with Gasteiger partial charge in [0.1, 0.15) is 35.5 Å². The van der Waals surface area contributed by atoms with Gasteiger partial charge in [-0.3, -0.25) is 62.8 Å². The number of hydrogen-bond acceptors (Lipinski definition) is 27. The Hall–Kier alpha value is -8.09. The molecule has 1 aromatic heterocycles. The molecule has 34 heteroatoms. The molecule has 4 rings (SSSR count). The van der Waals surface area contributed by atoms with Gasteiger partial charge in [0.25, 0.3) is 10.9 Å². The molecular weight excluding hydrogens is 1270 g/mol. The number of benzene rings is 1. The van der Waals surface area contributed by atoms with Crippen LogP contribution < -0.4 is 52.8 Å². The number of Topliss-reactive ketones (excluding diaryl/α,β-unsaturated/α-hetero) is 3. The molecule has 1 fully saturated rings. The summed E-state index contributed by atoms with van der Waals surface area (Å²) in [5.41, 5.74) is -0.995. The zero-order valence-corrected chi connectivity index (χ0v) is 53.3. The van der Waals surface area contributed by atoms with Crippen molar-refractivity contribution >= 4 is 102 Å². The number of rotatable bonds is 41. The Balaban J connectivity index is 0.0000144. The molecule has 502 valence electrons. The van der Waals surface area contributed by atoms with Crippen LogP contribution in [0.2, 0.25) is 0 Å². The van der Waals surface area contributed by atoms with Gasteiger partial charge in [-0.05, 0) is 38.2 Å². The molecule has 2 heterocycles. The van der Waals surface area contributed by atoms with Gasteiger partial charge in [-0.1, -0.05) is 30.3 Å². The number of nitrogens with one attached hydrogen (secondary N) is 6. The second kappa shape index (κ2) is 41.4. The first kappa shape index (κ1) is 80.0. The Labute approximate surface area is 541 Å². The first-order valence-corrected chi connectivity index (χ1v) is 29.3. The van der Waals surface area contributed by atoms with Gasteiger partial charge in [0.05, 0.1) is 68.3 Å². The second-order valence-corrected chi connectivity index (χ2v) is 21.9. The van der Waals surface area contributed by atoms with Crippen LogP contribution in [0.1, 0.15) is 69.5 Å². The summed E-state index contributed by atoms with van der Waals surface area (Å²) in [6.45, 7) is -0.740. The van der Waals surface area contributed by atoms with Crippen LogP contribution in [0.3, 0.4) is 0 Å². The van der Waals surface area contributed by atoms with E-state index in [2.05, 4.69) is 36.6 Å². The Kier molecular flexibility index (Phi) is 36.0. The van der Waals surface area contributed by atoms with E-state index in [0.717, 1.165) is 0 Å². The van der Waals surface area contributed by atoms with E-state index in [-0.39, 0.29) is 147 Å². The van der Waals surface area contributed by atoms with Gasteiger partial charge in [-0.15, -0.1) is 0 Å². The van der Waals surface area contributed by atoms with E-state index in [1.807, 2.05) is 0 Å². The number of anilines is 2. The number of carbonyl (C=O) groups excluding carboxylic acids is 10. The van der Waals surface area contributed by atoms with E-state index < -0.39 is 170 Å². The van der Waals surface area contributed by atoms with Crippen molar-refractivity contribution in [1.29, 1.82) is 0 Å². The first-order valence-electron chi connectivity index (χ1n) is 29.3. The SMILES string of the molecule is C[C@H](NC(=O)[C@H](CC(=O)O)CC(=O)CCCNc1c(NCCCC(C(=O)[O-])N2CCN(CC=O)CCN(CC(=O)[O-])CCN(CC(=O)[O-])CC2)c(=O)c1=O)C(=O)C[C@@H](Cc1cnc[nH]1)C(=O)N[C@@H](CO)C(=O)C[C@@H](Cc1ccccc1)C(=O)N[C@@H](CO)C(=O)O.[Ga+3].[OH-]. The fraction of sp³-hybridized carbons (Fsp3) is 0.569. The average molecular weight is 1350 g/mol. The number of carboxylic acid groups (broad SMARTS) is 5. The fourth-order valence-corrected chi connectivity index (χ4v) is 10.1. The van der Waals surface area contributed by atoms with Gasteiger partial charge in [0.2, 0.25) is 17.7 Å². The number of H-pyrrole nitrogens is 1. The minimum Gasteiger partial charge on any atom is -0.870 e. The second-order valence-electron chi connectivity index (χ2n) is 21.9. The zero-order valence-electron chi connectivity index (χ0n) is 50.8. The van der Waals surface area contributed by atoms with Crippen molar-refractivity contribution in [3.63, 3.8) is 0 Å². The minimum absolute atomic E-state index is 0. The van der Waals surface area contributed by atoms with Crippen LogP contribution in [-0.2, 0) is 70.4 Å². The van der Waals surface area contributed by atoms with Crippen LogP contribution in [0, 0.1) is 17.8 Å². The molecule has 33 nitrogen and oxygen atoms in total. The fourth-order valence-electron chi connectivity index (χ4n) is 10.1.